The van der Waals surface area contributed by atoms with Crippen molar-refractivity contribution in [3.63, 3.8) is 0 Å². The molecule has 14 aromatic carbocycles. The van der Waals surface area contributed by atoms with Crippen LogP contribution < -0.4 is 101 Å². The fourth-order valence-electron chi connectivity index (χ4n) is 23.2. The van der Waals surface area contributed by atoms with Crippen LogP contribution in [0.4, 0.5) is 0 Å². The third kappa shape index (κ3) is 13.4. The molecule has 0 saturated carbocycles. The summed E-state index contributed by atoms with van der Waals surface area (Å²) in [7, 11) is -26.5. The zero-order valence-corrected chi connectivity index (χ0v) is 86.3. The van der Waals surface area contributed by atoms with Crippen LogP contribution in [0.2, 0.25) is 0 Å². The second kappa shape index (κ2) is 35.5. The minimum absolute atomic E-state index is 0.507. The van der Waals surface area contributed by atoms with E-state index in [1.807, 2.05) is 400 Å². The first kappa shape index (κ1) is 92.2. The van der Waals surface area contributed by atoms with E-state index in [0.717, 1.165) is 190 Å². The molecule has 14 nitrogen and oxygen atoms in total. The van der Waals surface area contributed by atoms with E-state index in [1.165, 1.54) is 0 Å². The van der Waals surface area contributed by atoms with E-state index >= 15 is 36.5 Å². The van der Waals surface area contributed by atoms with Crippen molar-refractivity contribution < 1.29 is 36.5 Å². The van der Waals surface area contributed by atoms with Gasteiger partial charge < -0.3 is 36.5 Å². The molecule has 0 spiro atoms. The quantitative estimate of drug-likeness (QED) is 0.136. The molecule has 22 heteroatoms. The van der Waals surface area contributed by atoms with E-state index in [0.29, 0.717) is 31.8 Å². The molecular weight excluding hydrogens is 1950 g/mol. The van der Waals surface area contributed by atoms with Crippen molar-refractivity contribution in [2.45, 2.75) is 25.9 Å². The van der Waals surface area contributed by atoms with Gasteiger partial charge >= 0.3 is 0 Å². The van der Waals surface area contributed by atoms with Gasteiger partial charge in [0.05, 0.1) is 5.52 Å². The van der Waals surface area contributed by atoms with Crippen molar-refractivity contribution >= 4 is 212 Å². The molecule has 0 N–H and O–H groups in total. The number of pyridine rings is 6. The zero-order valence-electron chi connectivity index (χ0n) is 79.1. The molecule has 8 unspecified atom stereocenters. The van der Waals surface area contributed by atoms with Crippen LogP contribution in [0.1, 0.15) is 87.5 Å². The number of nitrogens with zero attached hydrogens (tertiary/aromatic N) is 6. The lowest BCUT2D eigenvalue weighted by Gasteiger charge is -2.32. The molecule has 0 radical (unpaired) electrons. The first-order valence-corrected chi connectivity index (χ1v) is 61.8. The van der Waals surface area contributed by atoms with Gasteiger partial charge in [-0.1, -0.05) is 385 Å². The maximum absolute atomic E-state index is 15.8. The summed E-state index contributed by atoms with van der Waals surface area (Å²) < 4.78 is 124. The topological polar surface area (TPSA) is 214 Å². The third-order valence-electron chi connectivity index (χ3n) is 29.4. The van der Waals surface area contributed by atoms with E-state index in [-0.39, 0.29) is 0 Å². The van der Waals surface area contributed by atoms with E-state index in [2.05, 4.69) is 57.8 Å². The van der Waals surface area contributed by atoms with Crippen molar-refractivity contribution in [1.82, 2.24) is 29.9 Å². The standard InChI is InChI=1S/C34H22N2O2P2.C31H21NO2P2.C30H20N2O2P2.C29H25NO2P2/c37-39(23-11-3-1-4-12-23)30-21-35-20-19-27(30)34-33(32-25-15-7-9-17-28(25)36-22-31(32)39)26-16-8-10-18-29(26)40(34,38)24-13-5-2-6-14-24;33-35(23-18-20-32-21-19-23)27-15-7-4-12-24(27)30-25-13-5-8-16-28(25)36(34,22-10-2-1-3-11-22)31(30)26-14-6-9-17-29(26)35;33-35(21-9-3-1-4-10-21)27-19-31-17-15-24(27)29-23-13-7-8-14-26(23)36(34,22-11-5-2-6-12-22)30(29)25-16-18-32-20-28(25)35;1-29(2,3)34(32)26-15-9-5-11-22(26)27-21-10-4-7-13-24(21)33(31,20-16-18-30-19-17-20)25-14-8-6-12-23(25)28(27)34/h1-22H;1-21H;1-20H;4-19H,1-3H3. The van der Waals surface area contributed by atoms with Crippen molar-refractivity contribution in [2.75, 3.05) is 0 Å². The molecule has 8 aliphatic rings. The molecule has 0 fully saturated rings. The normalized spacial score (nSPS) is 21.7. The average Bonchev–Trinajstić information content (AvgIpc) is 1.54. The Hall–Kier alpha value is -15.0. The van der Waals surface area contributed by atoms with Gasteiger partial charge in [-0.2, -0.15) is 0 Å². The van der Waals surface area contributed by atoms with E-state index < -0.39 is 62.3 Å². The van der Waals surface area contributed by atoms with Crippen LogP contribution in [0, 0.1) is 0 Å². The summed E-state index contributed by atoms with van der Waals surface area (Å²) in [5.41, 5.74) is 14.7. The van der Waals surface area contributed by atoms with Crippen LogP contribution in [0.3, 0.4) is 0 Å². The van der Waals surface area contributed by atoms with Gasteiger partial charge in [0.2, 0.25) is 0 Å². The molecule has 0 saturated heterocycles. The number of rotatable bonds is 7. The van der Waals surface area contributed by atoms with Crippen molar-refractivity contribution in [2.24, 2.45) is 0 Å². The van der Waals surface area contributed by atoms with Crippen LogP contribution >= 0.6 is 57.1 Å². The lowest BCUT2D eigenvalue weighted by molar-refractivity contribution is 0.564. The SMILES string of the molecule is CC(C)(C)P1(=O)C2=C(c3ccccc3P(=O)(c3ccncc3)c3ccccc32)c2ccccc21.O=P1(c2ccccc2)C2=C(c3ccccc31)c1c(cnc3ccccc13)P(=O)(c1ccccc1)c1cnccc12.O=P1(c2ccccc2)C2=C(c3ccccc31)c1ccccc1P(=O)(c1ccncc1)c1ccccc12.O=P1(c2ccccc2)C2=C(c3ccccc31)c1ccncc1P(=O)(c1ccccc1)c1cnccc12. The van der Waals surface area contributed by atoms with Crippen LogP contribution in [0.15, 0.2) is 481 Å². The number of fused-ring (bicyclic) bond motifs is 26. The first-order valence-electron chi connectivity index (χ1n) is 48.1. The maximum Gasteiger partial charge on any atom is 0.175 e. The molecule has 6 aromatic heterocycles. The average molecular weight is 2040 g/mol. The molecule has 14 heterocycles. The van der Waals surface area contributed by atoms with E-state index in [1.54, 1.807) is 68.2 Å². The lowest BCUT2D eigenvalue weighted by atomic mass is 9.93. The predicted molar refractivity (Wildman–Crippen MR) is 604 cm³/mol. The summed E-state index contributed by atoms with van der Waals surface area (Å²) in [5, 5.41) is 17.5. The molecule has 8 aliphatic heterocycles. The zero-order chi connectivity index (χ0) is 99.3. The van der Waals surface area contributed by atoms with Gasteiger partial charge in [-0.3, -0.25) is 29.9 Å². The molecule has 146 heavy (non-hydrogen) atoms. The highest BCUT2D eigenvalue weighted by Gasteiger charge is 2.57. The number of aromatic nitrogens is 6. The van der Waals surface area contributed by atoms with Crippen molar-refractivity contribution in [1.29, 1.82) is 0 Å². The summed E-state index contributed by atoms with van der Waals surface area (Å²) in [6, 6.07) is 133. The smallest absolute Gasteiger partial charge is 0.175 e. The van der Waals surface area contributed by atoms with Crippen molar-refractivity contribution in [3.05, 3.63) is 547 Å². The summed E-state index contributed by atoms with van der Waals surface area (Å²) >= 11 is 0. The van der Waals surface area contributed by atoms with Crippen LogP contribution in [-0.4, -0.2) is 35.1 Å². The van der Waals surface area contributed by atoms with Gasteiger partial charge in [0.1, 0.15) is 7.14 Å². The van der Waals surface area contributed by atoms with Crippen LogP contribution in [0.25, 0.3) is 54.5 Å². The highest BCUT2D eigenvalue weighted by Crippen LogP contribution is 2.76. The number of benzene rings is 14. The van der Waals surface area contributed by atoms with Gasteiger partial charge in [-0.15, -0.1) is 0 Å². The molecule has 8 atom stereocenters. The number of para-hydroxylation sites is 1. The fourth-order valence-corrected chi connectivity index (χ4v) is 48.8. The Morgan fingerprint density at radius 3 is 0.774 bits per heavy atom. The Kier molecular flexibility index (Phi) is 22.4. The Balaban J connectivity index is 0.000000102. The summed E-state index contributed by atoms with van der Waals surface area (Å²) in [6.07, 6.45) is 18.8. The Bertz CT molecular complexity index is 9200. The molecule has 702 valence electrons. The van der Waals surface area contributed by atoms with Crippen molar-refractivity contribution in [3.8, 4) is 0 Å². The molecule has 0 bridgehead atoms. The monoisotopic (exact) mass is 2040 g/mol. The number of hydrogen-bond acceptors (Lipinski definition) is 14. The van der Waals surface area contributed by atoms with Crippen LogP contribution in [-0.2, 0) is 36.5 Å². The summed E-state index contributed by atoms with van der Waals surface area (Å²) in [4.78, 5) is 26.5. The van der Waals surface area contributed by atoms with Gasteiger partial charge in [-0.25, -0.2) is 0 Å². The predicted octanol–water partition coefficient (Wildman–Crippen LogP) is 21.5. The molecule has 28 rings (SSSR count). The maximum atomic E-state index is 15.8. The molecular formula is C124H88N6O8P8. The summed E-state index contributed by atoms with van der Waals surface area (Å²) in [5.74, 6) is 0. The van der Waals surface area contributed by atoms with Gasteiger partial charge in [0, 0.05) is 240 Å². The Morgan fingerprint density at radius 2 is 0.404 bits per heavy atom. The van der Waals surface area contributed by atoms with E-state index in [4.69, 9.17) is 4.98 Å². The third-order valence-corrected chi connectivity index (χ3v) is 55.5. The lowest BCUT2D eigenvalue weighted by Crippen LogP contribution is -2.29. The fraction of sp³-hybridized carbons (Fsp3) is 0.0323. The van der Waals surface area contributed by atoms with E-state index in [9.17, 15) is 0 Å². The highest BCUT2D eigenvalue weighted by molar-refractivity contribution is 7.92. The first-order chi connectivity index (χ1) is 71.2. The Morgan fingerprint density at radius 1 is 0.178 bits per heavy atom. The largest absolute Gasteiger partial charge is 0.313 e. The molecule has 20 aromatic rings. The van der Waals surface area contributed by atoms with Crippen LogP contribution in [0.5, 0.6) is 0 Å². The minimum Gasteiger partial charge on any atom is -0.313 e. The minimum atomic E-state index is -3.50. The molecule has 0 amide bonds. The molecule has 0 aliphatic carbocycles. The Labute approximate surface area is 845 Å². The van der Waals surface area contributed by atoms with Gasteiger partial charge in [-0.05, 0) is 98.6 Å². The second-order valence-electron chi connectivity index (χ2n) is 37.9. The second-order valence-corrected chi connectivity index (χ2v) is 60.2. The summed E-state index contributed by atoms with van der Waals surface area (Å²) in [6.45, 7) is 6.17. The van der Waals surface area contributed by atoms with Gasteiger partial charge in [0.15, 0.2) is 50.0 Å². The number of hydrogen-bond donors (Lipinski definition) is 0. The highest BCUT2D eigenvalue weighted by atomic mass is 31.2. The van der Waals surface area contributed by atoms with Gasteiger partial charge in [0.25, 0.3) is 0 Å².